The SMILES string of the molecule is C#Cc1nc(C(=O)N2CCC(c3ccc(-c4cccc5ncsc45)cc3)CC2)cs1. The number of aromatic nitrogens is 2. The van der Waals surface area contributed by atoms with Gasteiger partial charge in [-0.2, -0.15) is 0 Å². The topological polar surface area (TPSA) is 46.1 Å². The second kappa shape index (κ2) is 8.02. The molecule has 0 spiro atoms. The Balaban J connectivity index is 1.27. The fourth-order valence-corrected chi connectivity index (χ4v) is 5.49. The van der Waals surface area contributed by atoms with Gasteiger partial charge in [0.25, 0.3) is 5.91 Å². The molecule has 0 radical (unpaired) electrons. The quantitative estimate of drug-likeness (QED) is 0.409. The molecule has 4 aromatic rings. The summed E-state index contributed by atoms with van der Waals surface area (Å²) in [5.74, 6) is 2.95. The second-order valence-electron chi connectivity index (χ2n) is 7.38. The van der Waals surface area contributed by atoms with E-state index in [0.29, 0.717) is 16.6 Å². The minimum absolute atomic E-state index is 0.0146. The molecule has 1 fully saturated rings. The molecule has 0 atom stereocenters. The van der Waals surface area contributed by atoms with E-state index in [0.717, 1.165) is 31.4 Å². The number of thiazole rings is 2. The zero-order valence-corrected chi connectivity index (χ0v) is 17.9. The Hall–Kier alpha value is -3.01. The fraction of sp³-hybridized carbons (Fsp3) is 0.208. The third-order valence-corrected chi connectivity index (χ3v) is 7.33. The zero-order chi connectivity index (χ0) is 20.5. The molecule has 0 unspecified atom stereocenters. The molecule has 0 aliphatic carbocycles. The lowest BCUT2D eigenvalue weighted by Crippen LogP contribution is -2.38. The van der Waals surface area contributed by atoms with E-state index >= 15 is 0 Å². The van der Waals surface area contributed by atoms with Crippen molar-refractivity contribution in [1.29, 1.82) is 0 Å². The molecule has 2 aromatic carbocycles. The minimum atomic E-state index is -0.0146. The maximum atomic E-state index is 12.7. The lowest BCUT2D eigenvalue weighted by Gasteiger charge is -2.32. The molecule has 2 aromatic heterocycles. The van der Waals surface area contributed by atoms with Crippen LogP contribution in [0.4, 0.5) is 0 Å². The van der Waals surface area contributed by atoms with E-state index < -0.39 is 0 Å². The second-order valence-corrected chi connectivity index (χ2v) is 9.09. The Labute approximate surface area is 183 Å². The summed E-state index contributed by atoms with van der Waals surface area (Å²) in [6, 6.07) is 15.2. The summed E-state index contributed by atoms with van der Waals surface area (Å²) in [5.41, 5.74) is 7.20. The smallest absolute Gasteiger partial charge is 0.273 e. The molecule has 3 heterocycles. The number of nitrogens with zero attached hydrogens (tertiary/aromatic N) is 3. The largest absolute Gasteiger partial charge is 0.337 e. The van der Waals surface area contributed by atoms with Gasteiger partial charge in [0.05, 0.1) is 15.7 Å². The molecular weight excluding hydrogens is 410 g/mol. The Morgan fingerprint density at radius 3 is 2.63 bits per heavy atom. The Morgan fingerprint density at radius 1 is 1.10 bits per heavy atom. The van der Waals surface area contributed by atoms with Crippen LogP contribution < -0.4 is 0 Å². The standard InChI is InChI=1S/C24H19N3OS2/c1-2-22-26-21(14-29-22)24(28)27-12-10-17(11-13-27)16-6-8-18(9-7-16)19-4-3-5-20-23(19)30-15-25-20/h1,3-9,14-15,17H,10-13H2. The van der Waals surface area contributed by atoms with Crippen LogP contribution in [-0.2, 0) is 0 Å². The van der Waals surface area contributed by atoms with Crippen molar-refractivity contribution in [1.82, 2.24) is 14.9 Å². The van der Waals surface area contributed by atoms with E-state index in [4.69, 9.17) is 6.42 Å². The maximum absolute atomic E-state index is 12.7. The molecule has 30 heavy (non-hydrogen) atoms. The highest BCUT2D eigenvalue weighted by molar-refractivity contribution is 7.17. The van der Waals surface area contributed by atoms with E-state index in [9.17, 15) is 4.79 Å². The third kappa shape index (κ3) is 3.51. The van der Waals surface area contributed by atoms with Gasteiger partial charge >= 0.3 is 0 Å². The first-order chi connectivity index (χ1) is 14.7. The summed E-state index contributed by atoms with van der Waals surface area (Å²) in [6.07, 6.45) is 7.28. The molecule has 1 saturated heterocycles. The number of hydrogen-bond acceptors (Lipinski definition) is 5. The Morgan fingerprint density at radius 2 is 1.90 bits per heavy atom. The Bertz CT molecular complexity index is 1240. The van der Waals surface area contributed by atoms with E-state index in [1.54, 1.807) is 16.7 Å². The van der Waals surface area contributed by atoms with Crippen molar-refractivity contribution in [2.75, 3.05) is 13.1 Å². The highest BCUT2D eigenvalue weighted by Crippen LogP contribution is 2.34. The molecule has 1 aliphatic heterocycles. The summed E-state index contributed by atoms with van der Waals surface area (Å²) in [7, 11) is 0. The van der Waals surface area contributed by atoms with Gasteiger partial charge in [-0.3, -0.25) is 4.79 Å². The predicted octanol–water partition coefficient (Wildman–Crippen LogP) is 5.42. The molecular formula is C24H19N3OS2. The van der Waals surface area contributed by atoms with E-state index in [-0.39, 0.29) is 5.91 Å². The van der Waals surface area contributed by atoms with Crippen LogP contribution in [0.1, 0.15) is 39.8 Å². The van der Waals surface area contributed by atoms with Crippen LogP contribution >= 0.6 is 22.7 Å². The van der Waals surface area contributed by atoms with Gasteiger partial charge < -0.3 is 4.90 Å². The molecule has 0 saturated carbocycles. The monoisotopic (exact) mass is 429 g/mol. The van der Waals surface area contributed by atoms with Gasteiger partial charge in [0.2, 0.25) is 0 Å². The van der Waals surface area contributed by atoms with E-state index in [2.05, 4.69) is 58.4 Å². The summed E-state index contributed by atoms with van der Waals surface area (Å²) in [4.78, 5) is 23.2. The number of hydrogen-bond donors (Lipinski definition) is 0. The van der Waals surface area contributed by atoms with Crippen molar-refractivity contribution in [2.24, 2.45) is 0 Å². The van der Waals surface area contributed by atoms with Gasteiger partial charge in [-0.1, -0.05) is 36.4 Å². The van der Waals surface area contributed by atoms with Crippen molar-refractivity contribution >= 4 is 38.8 Å². The molecule has 5 rings (SSSR count). The highest BCUT2D eigenvalue weighted by atomic mass is 32.1. The number of carbonyl (C=O) groups excluding carboxylic acids is 1. The van der Waals surface area contributed by atoms with Gasteiger partial charge in [0.15, 0.2) is 5.01 Å². The van der Waals surface area contributed by atoms with Gasteiger partial charge in [-0.15, -0.1) is 29.1 Å². The lowest BCUT2D eigenvalue weighted by atomic mass is 9.88. The van der Waals surface area contributed by atoms with Gasteiger partial charge in [-0.05, 0) is 41.9 Å². The first-order valence-corrected chi connectivity index (χ1v) is 11.6. The number of carbonyl (C=O) groups is 1. The number of benzene rings is 2. The number of fused-ring (bicyclic) bond motifs is 1. The Kier molecular flexibility index (Phi) is 5.07. The molecule has 148 valence electrons. The van der Waals surface area contributed by atoms with Crippen LogP contribution in [-0.4, -0.2) is 33.9 Å². The van der Waals surface area contributed by atoms with Crippen molar-refractivity contribution in [3.05, 3.63) is 69.6 Å². The third-order valence-electron chi connectivity index (χ3n) is 5.68. The van der Waals surface area contributed by atoms with Crippen LogP contribution in [0.15, 0.2) is 53.4 Å². The fourth-order valence-electron chi connectivity index (χ4n) is 4.06. The number of likely N-dealkylation sites (tertiary alicyclic amines) is 1. The van der Waals surface area contributed by atoms with Crippen LogP contribution in [0.3, 0.4) is 0 Å². The summed E-state index contributed by atoms with van der Waals surface area (Å²) in [5, 5.41) is 2.31. The van der Waals surface area contributed by atoms with E-state index in [1.807, 2.05) is 10.4 Å². The number of terminal acetylenes is 1. The van der Waals surface area contributed by atoms with Crippen LogP contribution in [0.5, 0.6) is 0 Å². The zero-order valence-electron chi connectivity index (χ0n) is 16.2. The highest BCUT2D eigenvalue weighted by Gasteiger charge is 2.26. The van der Waals surface area contributed by atoms with Crippen LogP contribution in [0.2, 0.25) is 0 Å². The molecule has 0 N–H and O–H groups in total. The molecule has 6 heteroatoms. The maximum Gasteiger partial charge on any atom is 0.273 e. The first-order valence-electron chi connectivity index (χ1n) is 9.87. The predicted molar refractivity (Wildman–Crippen MR) is 123 cm³/mol. The average molecular weight is 430 g/mol. The molecule has 1 aliphatic rings. The summed E-state index contributed by atoms with van der Waals surface area (Å²) < 4.78 is 1.23. The van der Waals surface area contributed by atoms with Crippen molar-refractivity contribution in [3.8, 4) is 23.5 Å². The first kappa shape index (κ1) is 19.0. The number of amides is 1. The number of rotatable bonds is 3. The van der Waals surface area contributed by atoms with Crippen molar-refractivity contribution < 1.29 is 4.79 Å². The molecule has 0 bridgehead atoms. The van der Waals surface area contributed by atoms with Gasteiger partial charge in [-0.25, -0.2) is 9.97 Å². The molecule has 4 nitrogen and oxygen atoms in total. The van der Waals surface area contributed by atoms with Crippen LogP contribution in [0.25, 0.3) is 21.3 Å². The molecule has 1 amide bonds. The average Bonchev–Trinajstić information content (AvgIpc) is 3.48. The summed E-state index contributed by atoms with van der Waals surface area (Å²) >= 11 is 3.02. The number of piperidine rings is 1. The van der Waals surface area contributed by atoms with E-state index in [1.165, 1.54) is 32.7 Å². The minimum Gasteiger partial charge on any atom is -0.337 e. The lowest BCUT2D eigenvalue weighted by molar-refractivity contribution is 0.0708. The van der Waals surface area contributed by atoms with Crippen molar-refractivity contribution in [3.63, 3.8) is 0 Å². The van der Waals surface area contributed by atoms with Gasteiger partial charge in [0, 0.05) is 24.0 Å². The van der Waals surface area contributed by atoms with Gasteiger partial charge in [0.1, 0.15) is 5.69 Å². The van der Waals surface area contributed by atoms with Crippen LogP contribution in [0, 0.1) is 12.3 Å². The normalized spacial score (nSPS) is 14.7. The van der Waals surface area contributed by atoms with Crippen molar-refractivity contribution in [2.45, 2.75) is 18.8 Å². The summed E-state index contributed by atoms with van der Waals surface area (Å²) in [6.45, 7) is 1.49.